The molecular formula is C24H32ClN5O2S. The Labute approximate surface area is 206 Å². The fourth-order valence-corrected chi connectivity index (χ4v) is 4.95. The van der Waals surface area contributed by atoms with Gasteiger partial charge in [0.1, 0.15) is 5.82 Å². The molecule has 2 aromatic rings. The van der Waals surface area contributed by atoms with Gasteiger partial charge in [-0.1, -0.05) is 30.7 Å². The van der Waals surface area contributed by atoms with Gasteiger partial charge in [-0.3, -0.25) is 0 Å². The summed E-state index contributed by atoms with van der Waals surface area (Å²) in [5, 5.41) is 7.78. The number of ether oxygens (including phenoxy) is 2. The monoisotopic (exact) mass is 489 g/mol. The second-order valence-electron chi connectivity index (χ2n) is 8.99. The van der Waals surface area contributed by atoms with Crippen molar-refractivity contribution in [3.63, 3.8) is 0 Å². The number of halogens is 1. The van der Waals surface area contributed by atoms with Crippen molar-refractivity contribution in [1.29, 1.82) is 0 Å². The number of nitrogens with one attached hydrogen (secondary N) is 2. The van der Waals surface area contributed by atoms with E-state index in [-0.39, 0.29) is 5.41 Å². The molecule has 178 valence electrons. The molecule has 7 nitrogen and oxygen atoms in total. The van der Waals surface area contributed by atoms with Gasteiger partial charge in [0.05, 0.1) is 7.11 Å². The largest absolute Gasteiger partial charge is 0.481 e. The minimum atomic E-state index is -0.0705. The zero-order valence-corrected chi connectivity index (χ0v) is 20.8. The highest BCUT2D eigenvalue weighted by molar-refractivity contribution is 7.80. The predicted octanol–water partition coefficient (Wildman–Crippen LogP) is 4.41. The van der Waals surface area contributed by atoms with Gasteiger partial charge in [0.25, 0.3) is 0 Å². The van der Waals surface area contributed by atoms with Gasteiger partial charge in [-0.05, 0) is 61.5 Å². The summed E-state index contributed by atoms with van der Waals surface area (Å²) in [5.74, 6) is 2.46. The van der Waals surface area contributed by atoms with E-state index in [1.807, 2.05) is 18.2 Å². The molecule has 2 fully saturated rings. The fourth-order valence-electron chi connectivity index (χ4n) is 4.66. The zero-order chi connectivity index (χ0) is 23.3. The van der Waals surface area contributed by atoms with Crippen LogP contribution in [0, 0.1) is 5.92 Å². The molecule has 2 saturated heterocycles. The van der Waals surface area contributed by atoms with Gasteiger partial charge in [0.2, 0.25) is 11.8 Å². The molecule has 0 spiro atoms. The van der Waals surface area contributed by atoms with E-state index in [0.717, 1.165) is 56.4 Å². The smallest absolute Gasteiger partial charge is 0.234 e. The van der Waals surface area contributed by atoms with Gasteiger partial charge < -0.3 is 25.0 Å². The quantitative estimate of drug-likeness (QED) is 0.578. The number of aromatic nitrogens is 2. The van der Waals surface area contributed by atoms with Crippen molar-refractivity contribution in [3.8, 4) is 5.88 Å². The minimum Gasteiger partial charge on any atom is -0.481 e. The topological polar surface area (TPSA) is 71.5 Å². The lowest BCUT2D eigenvalue weighted by Crippen LogP contribution is -2.45. The number of anilines is 2. The van der Waals surface area contributed by atoms with E-state index in [1.165, 1.54) is 12.0 Å². The average Bonchev–Trinajstić information content (AvgIpc) is 2.83. The van der Waals surface area contributed by atoms with E-state index in [0.29, 0.717) is 29.4 Å². The molecule has 2 N–H and O–H groups in total. The number of thiocarbonyl (C=S) groups is 1. The lowest BCUT2D eigenvalue weighted by atomic mass is 9.74. The van der Waals surface area contributed by atoms with Crippen molar-refractivity contribution < 1.29 is 9.47 Å². The van der Waals surface area contributed by atoms with E-state index < -0.39 is 0 Å². The summed E-state index contributed by atoms with van der Waals surface area (Å²) in [7, 11) is 1.62. The van der Waals surface area contributed by atoms with Gasteiger partial charge in [0, 0.05) is 49.4 Å². The van der Waals surface area contributed by atoms with Crippen molar-refractivity contribution in [2.24, 2.45) is 5.92 Å². The highest BCUT2D eigenvalue weighted by Gasteiger charge is 2.34. The lowest BCUT2D eigenvalue weighted by molar-refractivity contribution is 0.0515. The number of nitrogens with zero attached hydrogens (tertiary/aromatic N) is 3. The molecule has 2 aliphatic rings. The molecular weight excluding hydrogens is 458 g/mol. The van der Waals surface area contributed by atoms with E-state index in [1.54, 1.807) is 7.11 Å². The SMILES string of the molecule is COc1cc(N2CCC[C@H](C)C2)nc(NC(=S)NCC2(c3ccc(Cl)cc3)CCOCC2)n1. The Balaban J connectivity index is 1.45. The second-order valence-corrected chi connectivity index (χ2v) is 9.84. The van der Waals surface area contributed by atoms with Crippen molar-refractivity contribution in [2.75, 3.05) is 50.2 Å². The number of methoxy groups -OCH3 is 1. The first-order valence-corrected chi connectivity index (χ1v) is 12.3. The molecule has 0 bridgehead atoms. The van der Waals surface area contributed by atoms with Crippen LogP contribution in [0.3, 0.4) is 0 Å². The number of piperidine rings is 1. The Bertz CT molecular complexity index is 952. The summed E-state index contributed by atoms with van der Waals surface area (Å²) in [5.41, 5.74) is 1.17. The molecule has 0 saturated carbocycles. The van der Waals surface area contributed by atoms with Crippen molar-refractivity contribution in [3.05, 3.63) is 40.9 Å². The van der Waals surface area contributed by atoms with Gasteiger partial charge in [-0.15, -0.1) is 0 Å². The highest BCUT2D eigenvalue weighted by Crippen LogP contribution is 2.35. The molecule has 9 heteroatoms. The van der Waals surface area contributed by atoms with E-state index in [9.17, 15) is 0 Å². The summed E-state index contributed by atoms with van der Waals surface area (Å²) in [6.45, 7) is 6.37. The van der Waals surface area contributed by atoms with E-state index >= 15 is 0 Å². The van der Waals surface area contributed by atoms with Gasteiger partial charge in [-0.25, -0.2) is 0 Å². The van der Waals surface area contributed by atoms with E-state index in [2.05, 4.69) is 39.6 Å². The van der Waals surface area contributed by atoms with Crippen molar-refractivity contribution >= 4 is 40.7 Å². The zero-order valence-electron chi connectivity index (χ0n) is 19.3. The first-order valence-electron chi connectivity index (χ1n) is 11.5. The first kappa shape index (κ1) is 24.0. The number of hydrogen-bond acceptors (Lipinski definition) is 6. The van der Waals surface area contributed by atoms with Crippen LogP contribution in [-0.4, -0.2) is 55.0 Å². The minimum absolute atomic E-state index is 0.0705. The normalized spacial score (nSPS) is 20.2. The third kappa shape index (κ3) is 6.05. The molecule has 3 heterocycles. The Morgan fingerprint density at radius 3 is 2.73 bits per heavy atom. The summed E-state index contributed by atoms with van der Waals surface area (Å²) < 4.78 is 11.1. The van der Waals surface area contributed by atoms with Gasteiger partial charge in [-0.2, -0.15) is 9.97 Å². The van der Waals surface area contributed by atoms with Crippen LogP contribution in [-0.2, 0) is 10.2 Å². The Morgan fingerprint density at radius 1 is 1.27 bits per heavy atom. The molecule has 4 rings (SSSR count). The predicted molar refractivity (Wildman–Crippen MR) is 137 cm³/mol. The van der Waals surface area contributed by atoms with Crippen LogP contribution in [0.4, 0.5) is 11.8 Å². The van der Waals surface area contributed by atoms with Crippen LogP contribution in [0.1, 0.15) is 38.2 Å². The fraction of sp³-hybridized carbons (Fsp3) is 0.542. The summed E-state index contributed by atoms with van der Waals surface area (Å²) in [6.07, 6.45) is 4.24. The maximum atomic E-state index is 6.12. The second kappa shape index (κ2) is 10.8. The van der Waals surface area contributed by atoms with Crippen LogP contribution in [0.15, 0.2) is 30.3 Å². The van der Waals surface area contributed by atoms with Crippen LogP contribution in [0.5, 0.6) is 5.88 Å². The average molecular weight is 490 g/mol. The van der Waals surface area contributed by atoms with Crippen LogP contribution in [0.2, 0.25) is 5.02 Å². The highest BCUT2D eigenvalue weighted by atomic mass is 35.5. The molecule has 0 aliphatic carbocycles. The van der Waals surface area contributed by atoms with Crippen molar-refractivity contribution in [2.45, 2.75) is 38.0 Å². The molecule has 0 amide bonds. The molecule has 2 aliphatic heterocycles. The van der Waals surface area contributed by atoms with Gasteiger partial charge in [0.15, 0.2) is 5.11 Å². The molecule has 0 radical (unpaired) electrons. The van der Waals surface area contributed by atoms with Crippen LogP contribution in [0.25, 0.3) is 0 Å². The standard InChI is InChI=1S/C24H32ClN5O2S/c1-17-4-3-11-30(15-17)20-14-21(31-2)28-22(27-20)29-23(33)26-16-24(9-12-32-13-10-24)18-5-7-19(25)8-6-18/h5-8,14,17H,3-4,9-13,15-16H2,1-2H3,(H2,26,27,28,29,33)/t17-/m0/s1. The maximum Gasteiger partial charge on any atom is 0.234 e. The molecule has 33 heavy (non-hydrogen) atoms. The number of hydrogen-bond donors (Lipinski definition) is 2. The van der Waals surface area contributed by atoms with Crippen LogP contribution >= 0.6 is 23.8 Å². The molecule has 1 aromatic carbocycles. The molecule has 1 aromatic heterocycles. The molecule has 0 unspecified atom stereocenters. The Morgan fingerprint density at radius 2 is 2.03 bits per heavy atom. The third-order valence-electron chi connectivity index (χ3n) is 6.60. The lowest BCUT2D eigenvalue weighted by Gasteiger charge is -2.38. The summed E-state index contributed by atoms with van der Waals surface area (Å²) in [6, 6.07) is 9.97. The van der Waals surface area contributed by atoms with Crippen molar-refractivity contribution in [1.82, 2.24) is 15.3 Å². The van der Waals surface area contributed by atoms with Gasteiger partial charge >= 0.3 is 0 Å². The Hall–Kier alpha value is -2.16. The Kier molecular flexibility index (Phi) is 7.88. The number of rotatable bonds is 6. The van der Waals surface area contributed by atoms with E-state index in [4.69, 9.17) is 38.3 Å². The van der Waals surface area contributed by atoms with Crippen LogP contribution < -0.4 is 20.3 Å². The molecule has 1 atom stereocenters. The third-order valence-corrected chi connectivity index (χ3v) is 7.10. The first-order chi connectivity index (χ1) is 16.0. The summed E-state index contributed by atoms with van der Waals surface area (Å²) in [4.78, 5) is 11.5. The maximum absolute atomic E-state index is 6.12. The number of benzene rings is 1. The summed E-state index contributed by atoms with van der Waals surface area (Å²) >= 11 is 11.7.